The molecule has 4 rings (SSSR count). The summed E-state index contributed by atoms with van der Waals surface area (Å²) in [5.41, 5.74) is 7.49. The van der Waals surface area contributed by atoms with Crippen LogP contribution in [-0.2, 0) is 4.74 Å². The number of anilines is 1. The van der Waals surface area contributed by atoms with E-state index in [1.165, 1.54) is 12.3 Å². The molecule has 29 heavy (non-hydrogen) atoms. The van der Waals surface area contributed by atoms with Crippen LogP contribution in [0.5, 0.6) is 0 Å². The lowest BCUT2D eigenvalue weighted by Gasteiger charge is -2.18. The zero-order valence-electron chi connectivity index (χ0n) is 14.8. The minimum absolute atomic E-state index is 0.0548. The van der Waals surface area contributed by atoms with Crippen LogP contribution in [-0.4, -0.2) is 32.6 Å². The number of rotatable bonds is 4. The molecule has 1 aromatic carbocycles. The van der Waals surface area contributed by atoms with Crippen LogP contribution in [0.2, 0.25) is 0 Å². The molecule has 1 unspecified atom stereocenters. The summed E-state index contributed by atoms with van der Waals surface area (Å²) in [4.78, 5) is 8.43. The minimum atomic E-state index is -4.73. The first kappa shape index (κ1) is 18.8. The molecule has 0 spiro atoms. The molecular weight excluding hydrogens is 387 g/mol. The van der Waals surface area contributed by atoms with Crippen molar-refractivity contribution < 1.29 is 22.3 Å². The average molecular weight is 401 g/mol. The van der Waals surface area contributed by atoms with Crippen LogP contribution < -0.4 is 5.73 Å². The molecular formula is C19H14F3N5O2. The number of ether oxygens (including phenoxy) is 1. The Hall–Kier alpha value is -3.53. The number of alkyl halides is 3. The van der Waals surface area contributed by atoms with Gasteiger partial charge >= 0.3 is 6.36 Å². The molecule has 0 amide bonds. The first-order chi connectivity index (χ1) is 13.9. The number of nitrogens with zero attached hydrogens (tertiary/aromatic N) is 4. The zero-order valence-corrected chi connectivity index (χ0v) is 14.8. The van der Waals surface area contributed by atoms with Gasteiger partial charge in [0.15, 0.2) is 11.5 Å². The number of benzene rings is 1. The lowest BCUT2D eigenvalue weighted by molar-refractivity contribution is -0.335. The van der Waals surface area contributed by atoms with Gasteiger partial charge in [-0.05, 0) is 30.2 Å². The van der Waals surface area contributed by atoms with Crippen molar-refractivity contribution >= 4 is 11.4 Å². The van der Waals surface area contributed by atoms with E-state index in [-0.39, 0.29) is 29.7 Å². The highest BCUT2D eigenvalue weighted by Crippen LogP contribution is 2.30. The normalized spacial score (nSPS) is 16.7. The third-order valence-corrected chi connectivity index (χ3v) is 4.06. The maximum Gasteiger partial charge on any atom is 0.523 e. The van der Waals surface area contributed by atoms with Crippen LogP contribution in [0, 0.1) is 0 Å². The lowest BCUT2D eigenvalue weighted by atomic mass is 10.0. The lowest BCUT2D eigenvalue weighted by Crippen LogP contribution is -2.23. The van der Waals surface area contributed by atoms with Gasteiger partial charge in [0.05, 0.1) is 18.0 Å². The largest absolute Gasteiger partial charge is 0.523 e. The van der Waals surface area contributed by atoms with Crippen LogP contribution in [0.15, 0.2) is 59.2 Å². The number of nitrogen functional groups attached to an aromatic ring is 1. The molecule has 0 bridgehead atoms. The number of halogens is 3. The summed E-state index contributed by atoms with van der Waals surface area (Å²) in [7, 11) is 0. The van der Waals surface area contributed by atoms with Crippen LogP contribution in [0.25, 0.3) is 28.6 Å². The summed E-state index contributed by atoms with van der Waals surface area (Å²) < 4.78 is 47.2. The Labute approximate surface area is 162 Å². The molecule has 1 aliphatic carbocycles. The van der Waals surface area contributed by atoms with Gasteiger partial charge < -0.3 is 10.2 Å². The summed E-state index contributed by atoms with van der Waals surface area (Å²) in [6, 6.07) is 9.13. The van der Waals surface area contributed by atoms with Crippen LogP contribution in [0.3, 0.4) is 0 Å². The van der Waals surface area contributed by atoms with Crippen molar-refractivity contribution in [1.82, 2.24) is 20.2 Å². The smallest absolute Gasteiger partial charge is 0.414 e. The molecule has 0 aliphatic heterocycles. The van der Waals surface area contributed by atoms with Crippen LogP contribution in [0.1, 0.15) is 12.1 Å². The van der Waals surface area contributed by atoms with E-state index in [9.17, 15) is 13.2 Å². The second-order valence-corrected chi connectivity index (χ2v) is 6.13. The number of aromatic nitrogens is 4. The van der Waals surface area contributed by atoms with E-state index in [0.717, 1.165) is 5.56 Å². The molecule has 7 nitrogen and oxygen atoms in total. The number of hydrogen-bond donors (Lipinski definition) is 1. The molecule has 0 saturated carbocycles. The standard InChI is InChI=1S/C19H14F3N5O2/c20-19(21,22)29-13-8-4-7-12(9-13)14-10-24-16(23)15(25-14)18-27-26-17(28-18)11-5-2-1-3-6-11/h1-7,9-10,13H,8H2,(H2,23,24). The second kappa shape index (κ2) is 7.47. The van der Waals surface area contributed by atoms with Crippen molar-refractivity contribution in [3.63, 3.8) is 0 Å². The van der Waals surface area contributed by atoms with Gasteiger partial charge in [-0.25, -0.2) is 9.97 Å². The van der Waals surface area contributed by atoms with Crippen molar-refractivity contribution in [2.24, 2.45) is 0 Å². The minimum Gasteiger partial charge on any atom is -0.414 e. The molecule has 1 atom stereocenters. The Bertz CT molecular complexity index is 1080. The summed E-state index contributed by atoms with van der Waals surface area (Å²) in [5, 5.41) is 7.95. The molecule has 2 heterocycles. The van der Waals surface area contributed by atoms with E-state index < -0.39 is 12.5 Å². The van der Waals surface area contributed by atoms with E-state index in [0.29, 0.717) is 11.3 Å². The number of nitrogens with two attached hydrogens (primary N) is 1. The van der Waals surface area contributed by atoms with Crippen molar-refractivity contribution in [1.29, 1.82) is 0 Å². The molecule has 0 saturated heterocycles. The van der Waals surface area contributed by atoms with Crippen molar-refractivity contribution in [2.45, 2.75) is 18.9 Å². The zero-order chi connectivity index (χ0) is 20.4. The molecule has 2 N–H and O–H groups in total. The first-order valence-corrected chi connectivity index (χ1v) is 8.54. The third-order valence-electron chi connectivity index (χ3n) is 4.06. The van der Waals surface area contributed by atoms with Gasteiger partial charge in [-0.15, -0.1) is 23.4 Å². The van der Waals surface area contributed by atoms with E-state index in [1.807, 2.05) is 18.2 Å². The fraction of sp³-hybridized carbons (Fsp3) is 0.158. The molecule has 0 radical (unpaired) electrons. The van der Waals surface area contributed by atoms with Gasteiger partial charge in [0.1, 0.15) is 0 Å². The van der Waals surface area contributed by atoms with Gasteiger partial charge in [-0.2, -0.15) is 0 Å². The van der Waals surface area contributed by atoms with Gasteiger partial charge in [0.25, 0.3) is 5.89 Å². The van der Waals surface area contributed by atoms with Crippen molar-refractivity contribution in [2.75, 3.05) is 5.73 Å². The molecule has 3 aromatic rings. The first-order valence-electron chi connectivity index (χ1n) is 8.54. The van der Waals surface area contributed by atoms with Crippen molar-refractivity contribution in [3.8, 4) is 23.0 Å². The fourth-order valence-electron chi connectivity index (χ4n) is 2.79. The van der Waals surface area contributed by atoms with Gasteiger partial charge in [-0.1, -0.05) is 30.4 Å². The highest BCUT2D eigenvalue weighted by molar-refractivity contribution is 5.75. The van der Waals surface area contributed by atoms with Gasteiger partial charge in [0, 0.05) is 5.56 Å². The number of hydrogen-bond acceptors (Lipinski definition) is 7. The third kappa shape index (κ3) is 4.32. The van der Waals surface area contributed by atoms with E-state index in [1.54, 1.807) is 24.3 Å². The van der Waals surface area contributed by atoms with Crippen molar-refractivity contribution in [3.05, 3.63) is 60.5 Å². The topological polar surface area (TPSA) is 100.0 Å². The molecule has 0 fully saturated rings. The summed E-state index contributed by atoms with van der Waals surface area (Å²) >= 11 is 0. The molecule has 2 aromatic heterocycles. The van der Waals surface area contributed by atoms with Gasteiger partial charge in [0.2, 0.25) is 5.89 Å². The molecule has 1 aliphatic rings. The van der Waals surface area contributed by atoms with Crippen LogP contribution >= 0.6 is 0 Å². The monoisotopic (exact) mass is 401 g/mol. The summed E-state index contributed by atoms with van der Waals surface area (Å²) in [5.74, 6) is 0.391. The molecule has 148 valence electrons. The SMILES string of the molecule is Nc1ncc(C2=CC(OC(F)(F)F)CC=C2)nc1-c1nnc(-c2ccccc2)o1. The predicted molar refractivity (Wildman–Crippen MR) is 97.8 cm³/mol. The predicted octanol–water partition coefficient (Wildman–Crippen LogP) is 4.02. The van der Waals surface area contributed by atoms with E-state index >= 15 is 0 Å². The average Bonchev–Trinajstić information content (AvgIpc) is 3.18. The molecule has 10 heteroatoms. The van der Waals surface area contributed by atoms with Gasteiger partial charge in [-0.3, -0.25) is 4.74 Å². The maximum absolute atomic E-state index is 12.5. The Morgan fingerprint density at radius 2 is 1.86 bits per heavy atom. The van der Waals surface area contributed by atoms with Crippen LogP contribution in [0.4, 0.5) is 19.0 Å². The Morgan fingerprint density at radius 3 is 2.62 bits per heavy atom. The summed E-state index contributed by atoms with van der Waals surface area (Å²) in [6.07, 6.45) is 0.133. The van der Waals surface area contributed by atoms with E-state index in [4.69, 9.17) is 10.2 Å². The Morgan fingerprint density at radius 1 is 1.10 bits per heavy atom. The Balaban J connectivity index is 1.65. The summed E-state index contributed by atoms with van der Waals surface area (Å²) in [6.45, 7) is 0. The second-order valence-electron chi connectivity index (χ2n) is 6.13. The Kier molecular flexibility index (Phi) is 4.85. The quantitative estimate of drug-likeness (QED) is 0.705. The highest BCUT2D eigenvalue weighted by atomic mass is 19.4. The maximum atomic E-state index is 12.5. The highest BCUT2D eigenvalue weighted by Gasteiger charge is 2.33. The fourth-order valence-corrected chi connectivity index (χ4v) is 2.79. The van der Waals surface area contributed by atoms with E-state index in [2.05, 4.69) is 24.9 Å². The number of allylic oxidation sites excluding steroid dienone is 2.